The summed E-state index contributed by atoms with van der Waals surface area (Å²) in [6.07, 6.45) is -0.517. The van der Waals surface area contributed by atoms with E-state index in [0.717, 1.165) is 5.56 Å². The predicted octanol–water partition coefficient (Wildman–Crippen LogP) is 4.29. The molecule has 2 aromatic rings. The van der Waals surface area contributed by atoms with Crippen molar-refractivity contribution in [2.75, 3.05) is 5.32 Å². The summed E-state index contributed by atoms with van der Waals surface area (Å²) in [4.78, 5) is 22.8. The van der Waals surface area contributed by atoms with Gasteiger partial charge in [0.2, 0.25) is 0 Å². The highest BCUT2D eigenvalue weighted by atomic mass is 19.1. The third-order valence-corrected chi connectivity index (χ3v) is 3.30. The molecule has 6 nitrogen and oxygen atoms in total. The van der Waals surface area contributed by atoms with E-state index in [1.54, 1.807) is 45.0 Å². The fourth-order valence-electron chi connectivity index (χ4n) is 2.17. The van der Waals surface area contributed by atoms with Crippen molar-refractivity contribution in [1.82, 2.24) is 5.32 Å². The van der Waals surface area contributed by atoms with Gasteiger partial charge >= 0.3 is 12.1 Å². The van der Waals surface area contributed by atoms with Gasteiger partial charge in [0.25, 0.3) is 0 Å². The second kappa shape index (κ2) is 7.86. The lowest BCUT2D eigenvalue weighted by molar-refractivity contribution is 0.0523. The Bertz CT molecular complexity index is 798. The Hall–Kier alpha value is -3.09. The zero-order valence-corrected chi connectivity index (χ0v) is 14.8. The second-order valence-electron chi connectivity index (χ2n) is 6.64. The molecular formula is C19H21FN2O4. The molecule has 0 saturated heterocycles. The quantitative estimate of drug-likeness (QED) is 0.740. The lowest BCUT2D eigenvalue weighted by Gasteiger charge is -2.19. The summed E-state index contributed by atoms with van der Waals surface area (Å²) in [5.41, 5.74) is 0.520. The number of hydrogen-bond acceptors (Lipinski definition) is 4. The Kier molecular flexibility index (Phi) is 5.82. The van der Waals surface area contributed by atoms with Crippen LogP contribution in [0.5, 0.6) is 0 Å². The maximum Gasteiger partial charge on any atom is 0.407 e. The van der Waals surface area contributed by atoms with E-state index in [9.17, 15) is 14.0 Å². The van der Waals surface area contributed by atoms with Crippen LogP contribution in [0.25, 0.3) is 0 Å². The number of amides is 1. The summed E-state index contributed by atoms with van der Waals surface area (Å²) < 4.78 is 19.1. The lowest BCUT2D eigenvalue weighted by Crippen LogP contribution is -2.32. The number of alkyl carbamates (subject to hydrolysis) is 1. The van der Waals surface area contributed by atoms with Gasteiger partial charge in [0, 0.05) is 12.2 Å². The minimum absolute atomic E-state index is 0.0976. The fourth-order valence-corrected chi connectivity index (χ4v) is 2.17. The molecule has 0 fully saturated rings. The molecule has 0 aliphatic heterocycles. The monoisotopic (exact) mass is 360 g/mol. The van der Waals surface area contributed by atoms with E-state index in [-0.39, 0.29) is 17.8 Å². The van der Waals surface area contributed by atoms with Crippen molar-refractivity contribution in [3.8, 4) is 0 Å². The molecule has 0 atom stereocenters. The van der Waals surface area contributed by atoms with Crippen LogP contribution in [0, 0.1) is 5.82 Å². The van der Waals surface area contributed by atoms with Crippen LogP contribution < -0.4 is 10.6 Å². The predicted molar refractivity (Wildman–Crippen MR) is 96.2 cm³/mol. The first-order valence-electron chi connectivity index (χ1n) is 8.00. The molecular weight excluding hydrogens is 339 g/mol. The molecule has 0 unspecified atom stereocenters. The van der Waals surface area contributed by atoms with Crippen LogP contribution in [-0.2, 0) is 11.3 Å². The third-order valence-electron chi connectivity index (χ3n) is 3.30. The minimum atomic E-state index is -1.22. The minimum Gasteiger partial charge on any atom is -0.478 e. The smallest absolute Gasteiger partial charge is 0.407 e. The van der Waals surface area contributed by atoms with Gasteiger partial charge in [0.1, 0.15) is 11.4 Å². The van der Waals surface area contributed by atoms with Crippen molar-refractivity contribution in [3.05, 3.63) is 59.4 Å². The van der Waals surface area contributed by atoms with Crippen molar-refractivity contribution in [2.24, 2.45) is 0 Å². The van der Waals surface area contributed by atoms with Gasteiger partial charge in [-0.15, -0.1) is 0 Å². The first-order valence-corrected chi connectivity index (χ1v) is 8.00. The number of nitrogens with one attached hydrogen (secondary N) is 2. The first-order chi connectivity index (χ1) is 12.2. The van der Waals surface area contributed by atoms with Gasteiger partial charge in [-0.3, -0.25) is 0 Å². The molecule has 0 spiro atoms. The van der Waals surface area contributed by atoms with Crippen LogP contribution in [-0.4, -0.2) is 22.8 Å². The summed E-state index contributed by atoms with van der Waals surface area (Å²) in [6.45, 7) is 5.61. The molecule has 0 saturated carbocycles. The van der Waals surface area contributed by atoms with Crippen molar-refractivity contribution >= 4 is 23.4 Å². The molecule has 0 bridgehead atoms. The maximum atomic E-state index is 13.9. The Balaban J connectivity index is 2.03. The zero-order chi connectivity index (χ0) is 19.3. The molecule has 138 valence electrons. The topological polar surface area (TPSA) is 87.7 Å². The molecule has 0 aromatic heterocycles. The van der Waals surface area contributed by atoms with Crippen LogP contribution in [0.15, 0.2) is 42.5 Å². The molecule has 1 amide bonds. The van der Waals surface area contributed by atoms with Gasteiger partial charge in [-0.2, -0.15) is 0 Å². The van der Waals surface area contributed by atoms with E-state index >= 15 is 0 Å². The molecule has 3 N–H and O–H groups in total. The van der Waals surface area contributed by atoms with E-state index < -0.39 is 23.5 Å². The standard InChI is InChI=1S/C19H21FN2O4/c1-19(2,3)26-18(25)21-11-12-7-9-13(10-8-12)22-16-14(17(23)24)5-4-6-15(16)20/h4-10,22H,11H2,1-3H3,(H,21,25)(H,23,24). The number of carbonyl (C=O) groups is 2. The molecule has 0 heterocycles. The third kappa shape index (κ3) is 5.47. The highest BCUT2D eigenvalue weighted by Gasteiger charge is 2.16. The Morgan fingerprint density at radius 3 is 2.35 bits per heavy atom. The number of carboxylic acid groups (broad SMARTS) is 1. The van der Waals surface area contributed by atoms with Gasteiger partial charge in [0.15, 0.2) is 0 Å². The van der Waals surface area contributed by atoms with E-state index in [2.05, 4.69) is 10.6 Å². The Morgan fingerprint density at radius 2 is 1.77 bits per heavy atom. The SMILES string of the molecule is CC(C)(C)OC(=O)NCc1ccc(Nc2c(F)cccc2C(=O)O)cc1. The average Bonchev–Trinajstić information content (AvgIpc) is 2.54. The first kappa shape index (κ1) is 19.2. The van der Waals surface area contributed by atoms with Gasteiger partial charge in [0.05, 0.1) is 11.3 Å². The molecule has 26 heavy (non-hydrogen) atoms. The normalized spacial score (nSPS) is 10.9. The molecule has 0 aliphatic rings. The number of benzene rings is 2. The van der Waals surface area contributed by atoms with E-state index in [4.69, 9.17) is 9.84 Å². The van der Waals surface area contributed by atoms with E-state index in [0.29, 0.717) is 5.69 Å². The number of carbonyl (C=O) groups excluding carboxylic acids is 1. The highest BCUT2D eigenvalue weighted by Crippen LogP contribution is 2.24. The number of carboxylic acids is 1. The van der Waals surface area contributed by atoms with E-state index in [1.165, 1.54) is 18.2 Å². The second-order valence-corrected chi connectivity index (χ2v) is 6.64. The highest BCUT2D eigenvalue weighted by molar-refractivity contribution is 5.95. The van der Waals surface area contributed by atoms with Crippen molar-refractivity contribution in [2.45, 2.75) is 32.9 Å². The van der Waals surface area contributed by atoms with Crippen LogP contribution >= 0.6 is 0 Å². The molecule has 7 heteroatoms. The molecule has 2 rings (SSSR count). The van der Waals surface area contributed by atoms with Gasteiger partial charge in [-0.1, -0.05) is 18.2 Å². The maximum absolute atomic E-state index is 13.9. The van der Waals surface area contributed by atoms with Gasteiger partial charge < -0.3 is 20.5 Å². The number of aromatic carboxylic acids is 1. The Morgan fingerprint density at radius 1 is 1.12 bits per heavy atom. The van der Waals surface area contributed by atoms with Crippen LogP contribution in [0.4, 0.5) is 20.6 Å². The van der Waals surface area contributed by atoms with Crippen LogP contribution in [0.2, 0.25) is 0 Å². The number of ether oxygens (including phenoxy) is 1. The molecule has 0 aliphatic carbocycles. The number of para-hydroxylation sites is 1. The zero-order valence-electron chi connectivity index (χ0n) is 14.8. The number of hydrogen-bond donors (Lipinski definition) is 3. The van der Waals surface area contributed by atoms with Crippen LogP contribution in [0.3, 0.4) is 0 Å². The Labute approximate surface area is 151 Å². The fraction of sp³-hybridized carbons (Fsp3) is 0.263. The van der Waals surface area contributed by atoms with Crippen molar-refractivity contribution in [1.29, 1.82) is 0 Å². The van der Waals surface area contributed by atoms with Gasteiger partial charge in [-0.05, 0) is 50.6 Å². The lowest BCUT2D eigenvalue weighted by atomic mass is 10.1. The number of halogens is 1. The summed E-state index contributed by atoms with van der Waals surface area (Å²) >= 11 is 0. The van der Waals surface area contributed by atoms with Crippen LogP contribution in [0.1, 0.15) is 36.7 Å². The molecule has 2 aromatic carbocycles. The average molecular weight is 360 g/mol. The van der Waals surface area contributed by atoms with E-state index in [1.807, 2.05) is 0 Å². The van der Waals surface area contributed by atoms with Crippen molar-refractivity contribution < 1.29 is 23.8 Å². The summed E-state index contributed by atoms with van der Waals surface area (Å²) in [7, 11) is 0. The summed E-state index contributed by atoms with van der Waals surface area (Å²) in [6, 6.07) is 10.7. The number of anilines is 2. The largest absolute Gasteiger partial charge is 0.478 e. The summed E-state index contributed by atoms with van der Waals surface area (Å²) in [5.74, 6) is -1.87. The van der Waals surface area contributed by atoms with Gasteiger partial charge in [-0.25, -0.2) is 14.0 Å². The molecule has 0 radical (unpaired) electrons. The summed E-state index contributed by atoms with van der Waals surface area (Å²) in [5, 5.41) is 14.6. The van der Waals surface area contributed by atoms with Crippen molar-refractivity contribution in [3.63, 3.8) is 0 Å². The number of rotatable bonds is 5.